The predicted octanol–water partition coefficient (Wildman–Crippen LogP) is 5.59. The van der Waals surface area contributed by atoms with Gasteiger partial charge >= 0.3 is 0 Å². The van der Waals surface area contributed by atoms with E-state index in [-0.39, 0.29) is 5.91 Å². The average Bonchev–Trinajstić information content (AvgIpc) is 2.87. The zero-order chi connectivity index (χ0) is 24.2. The van der Waals surface area contributed by atoms with Gasteiger partial charge in [-0.2, -0.15) is 0 Å². The molecular formula is C29H36N4OS. The van der Waals surface area contributed by atoms with Crippen LogP contribution in [0.1, 0.15) is 55.7 Å². The SMILES string of the molecule is CCCc1cnc2cccc(C(C)CN3CCC(NCc4ccc5c(c4)NC(=O)CS5)CC3)c2c1. The molecule has 0 saturated carbocycles. The number of carbonyl (C=O) groups excluding carboxylic acids is 1. The molecule has 35 heavy (non-hydrogen) atoms. The third kappa shape index (κ3) is 5.88. The lowest BCUT2D eigenvalue weighted by molar-refractivity contribution is -0.113. The molecule has 2 N–H and O–H groups in total. The van der Waals surface area contributed by atoms with Crippen molar-refractivity contribution >= 4 is 34.3 Å². The van der Waals surface area contributed by atoms with E-state index >= 15 is 0 Å². The smallest absolute Gasteiger partial charge is 0.234 e. The van der Waals surface area contributed by atoms with Crippen molar-refractivity contribution < 1.29 is 4.79 Å². The van der Waals surface area contributed by atoms with Gasteiger partial charge in [0.1, 0.15) is 0 Å². The topological polar surface area (TPSA) is 57.3 Å². The maximum absolute atomic E-state index is 11.7. The second-order valence-corrected chi connectivity index (χ2v) is 11.0. The minimum atomic E-state index is 0.0929. The van der Waals surface area contributed by atoms with E-state index in [4.69, 9.17) is 4.98 Å². The Morgan fingerprint density at radius 2 is 2.03 bits per heavy atom. The maximum atomic E-state index is 11.7. The van der Waals surface area contributed by atoms with E-state index in [1.807, 2.05) is 6.20 Å². The predicted molar refractivity (Wildman–Crippen MR) is 146 cm³/mol. The average molecular weight is 489 g/mol. The zero-order valence-electron chi connectivity index (χ0n) is 20.8. The Hall–Kier alpha value is -2.41. The van der Waals surface area contributed by atoms with Crippen LogP contribution in [0, 0.1) is 0 Å². The lowest BCUT2D eigenvalue weighted by Crippen LogP contribution is -2.43. The minimum Gasteiger partial charge on any atom is -0.324 e. The maximum Gasteiger partial charge on any atom is 0.234 e. The summed E-state index contributed by atoms with van der Waals surface area (Å²) in [6.07, 6.45) is 6.61. The van der Waals surface area contributed by atoms with Gasteiger partial charge in [0.25, 0.3) is 0 Å². The molecule has 1 atom stereocenters. The first-order valence-electron chi connectivity index (χ1n) is 13.0. The van der Waals surface area contributed by atoms with Crippen LogP contribution in [0.4, 0.5) is 5.69 Å². The monoisotopic (exact) mass is 488 g/mol. The third-order valence-corrected chi connectivity index (χ3v) is 8.35. The minimum absolute atomic E-state index is 0.0929. The van der Waals surface area contributed by atoms with Crippen molar-refractivity contribution in [1.29, 1.82) is 0 Å². The summed E-state index contributed by atoms with van der Waals surface area (Å²) < 4.78 is 0. The molecule has 1 fully saturated rings. The van der Waals surface area contributed by atoms with Gasteiger partial charge < -0.3 is 15.5 Å². The van der Waals surface area contributed by atoms with Crippen molar-refractivity contribution in [3.05, 3.63) is 65.4 Å². The number of hydrogen-bond acceptors (Lipinski definition) is 5. The second kappa shape index (κ2) is 11.1. The molecule has 5 nitrogen and oxygen atoms in total. The van der Waals surface area contributed by atoms with Gasteiger partial charge in [0.05, 0.1) is 17.0 Å². The van der Waals surface area contributed by atoms with Gasteiger partial charge in [0.15, 0.2) is 0 Å². The Kier molecular flexibility index (Phi) is 7.71. The standard InChI is InChI=1S/C29H36N4OS/c1-3-5-21-14-25-24(6-4-7-26(25)31-17-21)20(2)18-33-12-10-23(11-13-33)30-16-22-8-9-28-27(15-22)32-29(34)19-35-28/h4,6-9,14-15,17,20,23,30H,3,5,10-13,16,18-19H2,1-2H3,(H,32,34). The first kappa shape index (κ1) is 24.3. The first-order valence-corrected chi connectivity index (χ1v) is 14.0. The zero-order valence-corrected chi connectivity index (χ0v) is 21.7. The molecule has 2 aliphatic heterocycles. The molecule has 0 aliphatic carbocycles. The van der Waals surface area contributed by atoms with E-state index in [0.717, 1.165) is 50.2 Å². The molecule has 3 heterocycles. The quantitative estimate of drug-likeness (QED) is 0.433. The summed E-state index contributed by atoms with van der Waals surface area (Å²) in [4.78, 5) is 20.2. The molecule has 2 aromatic carbocycles. The molecule has 1 aromatic heterocycles. The van der Waals surface area contributed by atoms with Gasteiger partial charge in [-0.1, -0.05) is 38.5 Å². The van der Waals surface area contributed by atoms with Crippen LogP contribution in [0.5, 0.6) is 0 Å². The lowest BCUT2D eigenvalue weighted by atomic mass is 9.94. The summed E-state index contributed by atoms with van der Waals surface area (Å²) in [5, 5.41) is 8.07. The number of fused-ring (bicyclic) bond motifs is 2. The van der Waals surface area contributed by atoms with Crippen LogP contribution in [0.2, 0.25) is 0 Å². The number of aryl methyl sites for hydroxylation is 1. The molecule has 1 unspecified atom stereocenters. The normalized spacial score (nSPS) is 17.8. The van der Waals surface area contributed by atoms with Gasteiger partial charge in [0.2, 0.25) is 5.91 Å². The second-order valence-electron chi connectivity index (χ2n) is 10.0. The third-order valence-electron chi connectivity index (χ3n) is 7.28. The van der Waals surface area contributed by atoms with Gasteiger partial charge in [0, 0.05) is 35.6 Å². The fraction of sp³-hybridized carbons (Fsp3) is 0.448. The highest BCUT2D eigenvalue weighted by atomic mass is 32.2. The molecule has 5 rings (SSSR count). The summed E-state index contributed by atoms with van der Waals surface area (Å²) in [5.74, 6) is 1.08. The number of thioether (sulfide) groups is 1. The van der Waals surface area contributed by atoms with E-state index < -0.39 is 0 Å². The number of aromatic nitrogens is 1. The molecule has 0 spiro atoms. The molecule has 0 bridgehead atoms. The number of carbonyl (C=O) groups is 1. The molecule has 3 aromatic rings. The molecule has 2 aliphatic rings. The summed E-state index contributed by atoms with van der Waals surface area (Å²) in [7, 11) is 0. The largest absolute Gasteiger partial charge is 0.324 e. The van der Waals surface area contributed by atoms with Crippen molar-refractivity contribution in [3.63, 3.8) is 0 Å². The van der Waals surface area contributed by atoms with Gasteiger partial charge in [-0.15, -0.1) is 11.8 Å². The fourth-order valence-electron chi connectivity index (χ4n) is 5.38. The van der Waals surface area contributed by atoms with Crippen molar-refractivity contribution in [3.8, 4) is 0 Å². The number of hydrogen-bond donors (Lipinski definition) is 2. The van der Waals surface area contributed by atoms with Crippen LogP contribution in [-0.4, -0.2) is 47.2 Å². The van der Waals surface area contributed by atoms with E-state index in [9.17, 15) is 4.79 Å². The number of likely N-dealkylation sites (tertiary alicyclic amines) is 1. The molecule has 1 amide bonds. The number of nitrogens with zero attached hydrogens (tertiary/aromatic N) is 2. The van der Waals surface area contributed by atoms with E-state index in [0.29, 0.717) is 17.7 Å². The lowest BCUT2D eigenvalue weighted by Gasteiger charge is -2.34. The number of piperidine rings is 1. The van der Waals surface area contributed by atoms with E-state index in [1.165, 1.54) is 39.8 Å². The van der Waals surface area contributed by atoms with Crippen LogP contribution in [0.15, 0.2) is 53.6 Å². The van der Waals surface area contributed by atoms with Crippen molar-refractivity contribution in [2.45, 2.75) is 62.9 Å². The molecular weight excluding hydrogens is 452 g/mol. The highest BCUT2D eigenvalue weighted by molar-refractivity contribution is 8.00. The molecule has 0 radical (unpaired) electrons. The Balaban J connectivity index is 1.14. The van der Waals surface area contributed by atoms with Crippen LogP contribution >= 0.6 is 11.8 Å². The summed E-state index contributed by atoms with van der Waals surface area (Å²) in [5.41, 5.74) is 6.06. The van der Waals surface area contributed by atoms with Crippen molar-refractivity contribution in [2.75, 3.05) is 30.7 Å². The molecule has 1 saturated heterocycles. The Morgan fingerprint density at radius 3 is 2.86 bits per heavy atom. The Labute approximate surface area is 213 Å². The van der Waals surface area contributed by atoms with Crippen LogP contribution in [0.25, 0.3) is 10.9 Å². The number of rotatable bonds is 8. The van der Waals surface area contributed by atoms with Crippen LogP contribution < -0.4 is 10.6 Å². The van der Waals surface area contributed by atoms with Crippen molar-refractivity contribution in [1.82, 2.24) is 15.2 Å². The number of nitrogens with one attached hydrogen (secondary N) is 2. The van der Waals surface area contributed by atoms with Gasteiger partial charge in [-0.05, 0) is 79.2 Å². The molecule has 184 valence electrons. The van der Waals surface area contributed by atoms with E-state index in [2.05, 4.69) is 71.8 Å². The number of amides is 1. The highest BCUT2D eigenvalue weighted by Crippen LogP contribution is 2.32. The first-order chi connectivity index (χ1) is 17.1. The number of benzene rings is 2. The molecule has 6 heteroatoms. The fourth-order valence-corrected chi connectivity index (χ4v) is 6.17. The van der Waals surface area contributed by atoms with Gasteiger partial charge in [-0.25, -0.2) is 0 Å². The van der Waals surface area contributed by atoms with Gasteiger partial charge in [-0.3, -0.25) is 9.78 Å². The Bertz CT molecular complexity index is 1190. The number of pyridine rings is 1. The summed E-state index contributed by atoms with van der Waals surface area (Å²) in [6, 6.07) is 15.9. The summed E-state index contributed by atoms with van der Waals surface area (Å²) in [6.45, 7) is 8.78. The summed E-state index contributed by atoms with van der Waals surface area (Å²) >= 11 is 1.62. The van der Waals surface area contributed by atoms with Crippen molar-refractivity contribution in [2.24, 2.45) is 0 Å². The van der Waals surface area contributed by atoms with Crippen LogP contribution in [-0.2, 0) is 17.8 Å². The Morgan fingerprint density at radius 1 is 1.17 bits per heavy atom. The van der Waals surface area contributed by atoms with Crippen LogP contribution in [0.3, 0.4) is 0 Å². The number of anilines is 1. The highest BCUT2D eigenvalue weighted by Gasteiger charge is 2.22. The van der Waals surface area contributed by atoms with E-state index in [1.54, 1.807) is 11.8 Å².